The molecule has 1 atom stereocenters. The summed E-state index contributed by atoms with van der Waals surface area (Å²) in [6.07, 6.45) is 0.714. The Balaban J connectivity index is 1.94. The Hall–Kier alpha value is -2.49. The highest BCUT2D eigenvalue weighted by atomic mass is 16.5. The number of rotatable bonds is 7. The van der Waals surface area contributed by atoms with Gasteiger partial charge >= 0.3 is 5.97 Å². The zero-order valence-electron chi connectivity index (χ0n) is 13.7. The summed E-state index contributed by atoms with van der Waals surface area (Å²) in [6.45, 7) is 2.20. The Morgan fingerprint density at radius 3 is 2.35 bits per heavy atom. The molecule has 0 aromatic heterocycles. The van der Waals surface area contributed by atoms with Crippen molar-refractivity contribution in [1.82, 2.24) is 0 Å². The summed E-state index contributed by atoms with van der Waals surface area (Å²) < 4.78 is 15.9. The maximum Gasteiger partial charge on any atom is 0.313 e. The summed E-state index contributed by atoms with van der Waals surface area (Å²) in [5, 5.41) is 0. The Morgan fingerprint density at radius 2 is 1.70 bits per heavy atom. The molecule has 2 aromatic rings. The van der Waals surface area contributed by atoms with Gasteiger partial charge in [0.2, 0.25) is 0 Å². The molecule has 2 rings (SSSR count). The first kappa shape index (κ1) is 16.9. The molecule has 0 radical (unpaired) electrons. The molecular formula is C19H22O4. The van der Waals surface area contributed by atoms with Gasteiger partial charge in [0.05, 0.1) is 26.7 Å². The third kappa shape index (κ3) is 4.49. The lowest BCUT2D eigenvalue weighted by molar-refractivity contribution is -0.144. The molecule has 0 amide bonds. The van der Waals surface area contributed by atoms with E-state index in [0.717, 1.165) is 11.1 Å². The largest absolute Gasteiger partial charge is 0.493 e. The van der Waals surface area contributed by atoms with E-state index < -0.39 is 0 Å². The quantitative estimate of drug-likeness (QED) is 0.733. The lowest BCUT2D eigenvalue weighted by atomic mass is 10.0. The summed E-state index contributed by atoms with van der Waals surface area (Å²) in [5.74, 6) is 0.647. The normalized spacial score (nSPS) is 11.6. The van der Waals surface area contributed by atoms with Crippen LogP contribution in [0.4, 0.5) is 0 Å². The average molecular weight is 314 g/mol. The minimum Gasteiger partial charge on any atom is -0.493 e. The third-order valence-corrected chi connectivity index (χ3v) is 3.74. The molecule has 1 unspecified atom stereocenters. The SMILES string of the molecule is COc1ccc(C(C)C(=O)OCCc2ccccc2)cc1OC. The average Bonchev–Trinajstić information content (AvgIpc) is 2.61. The molecule has 0 fully saturated rings. The van der Waals surface area contributed by atoms with Gasteiger partial charge in [-0.2, -0.15) is 0 Å². The van der Waals surface area contributed by atoms with Gasteiger partial charge in [-0.15, -0.1) is 0 Å². The van der Waals surface area contributed by atoms with Crippen LogP contribution in [0.25, 0.3) is 0 Å². The van der Waals surface area contributed by atoms with E-state index in [-0.39, 0.29) is 11.9 Å². The molecule has 122 valence electrons. The molecule has 2 aromatic carbocycles. The van der Waals surface area contributed by atoms with Crippen LogP contribution in [0, 0.1) is 0 Å². The number of ether oxygens (including phenoxy) is 3. The molecule has 4 heteroatoms. The van der Waals surface area contributed by atoms with Crippen molar-refractivity contribution in [1.29, 1.82) is 0 Å². The van der Waals surface area contributed by atoms with Gasteiger partial charge in [-0.05, 0) is 30.2 Å². The summed E-state index contributed by atoms with van der Waals surface area (Å²) in [5.41, 5.74) is 1.99. The first-order valence-electron chi connectivity index (χ1n) is 7.58. The molecule has 0 heterocycles. The highest BCUT2D eigenvalue weighted by Gasteiger charge is 2.18. The van der Waals surface area contributed by atoms with Crippen LogP contribution >= 0.6 is 0 Å². The van der Waals surface area contributed by atoms with Gasteiger partial charge in [-0.3, -0.25) is 4.79 Å². The summed E-state index contributed by atoms with van der Waals surface area (Å²) in [4.78, 5) is 12.2. The maximum absolute atomic E-state index is 12.2. The highest BCUT2D eigenvalue weighted by Crippen LogP contribution is 2.30. The van der Waals surface area contributed by atoms with Crippen LogP contribution in [0.15, 0.2) is 48.5 Å². The summed E-state index contributed by atoms with van der Waals surface area (Å²) in [7, 11) is 3.16. The topological polar surface area (TPSA) is 44.8 Å². The minimum atomic E-state index is -0.356. The number of methoxy groups -OCH3 is 2. The zero-order chi connectivity index (χ0) is 16.7. The number of benzene rings is 2. The van der Waals surface area contributed by atoms with Gasteiger partial charge in [-0.1, -0.05) is 36.4 Å². The number of carbonyl (C=O) groups is 1. The summed E-state index contributed by atoms with van der Waals surface area (Å²) >= 11 is 0. The number of esters is 1. The number of carbonyl (C=O) groups excluding carboxylic acids is 1. The smallest absolute Gasteiger partial charge is 0.313 e. The van der Waals surface area contributed by atoms with E-state index in [1.54, 1.807) is 20.3 Å². The van der Waals surface area contributed by atoms with Crippen LogP contribution in [-0.4, -0.2) is 26.8 Å². The summed E-state index contributed by atoms with van der Waals surface area (Å²) in [6, 6.07) is 15.4. The molecule has 0 aliphatic carbocycles. The van der Waals surface area contributed by atoms with Crippen LogP contribution < -0.4 is 9.47 Å². The van der Waals surface area contributed by atoms with Crippen molar-refractivity contribution in [2.75, 3.05) is 20.8 Å². The second kappa shape index (κ2) is 8.22. The Morgan fingerprint density at radius 1 is 1.00 bits per heavy atom. The van der Waals surface area contributed by atoms with Crippen molar-refractivity contribution in [2.24, 2.45) is 0 Å². The van der Waals surface area contributed by atoms with E-state index in [9.17, 15) is 4.79 Å². The van der Waals surface area contributed by atoms with Crippen molar-refractivity contribution in [3.8, 4) is 11.5 Å². The van der Waals surface area contributed by atoms with E-state index >= 15 is 0 Å². The van der Waals surface area contributed by atoms with Crippen molar-refractivity contribution in [3.63, 3.8) is 0 Å². The predicted molar refractivity (Wildman–Crippen MR) is 89.1 cm³/mol. The van der Waals surface area contributed by atoms with Gasteiger partial charge < -0.3 is 14.2 Å². The van der Waals surface area contributed by atoms with Crippen molar-refractivity contribution < 1.29 is 19.0 Å². The Labute approximate surface area is 137 Å². The molecule has 23 heavy (non-hydrogen) atoms. The second-order valence-electron chi connectivity index (χ2n) is 5.24. The van der Waals surface area contributed by atoms with Crippen LogP contribution in [0.5, 0.6) is 11.5 Å². The van der Waals surface area contributed by atoms with Crippen LogP contribution in [0.2, 0.25) is 0 Å². The minimum absolute atomic E-state index is 0.242. The lowest BCUT2D eigenvalue weighted by Gasteiger charge is -2.14. The number of hydrogen-bond acceptors (Lipinski definition) is 4. The fourth-order valence-corrected chi connectivity index (χ4v) is 2.30. The standard InChI is InChI=1S/C19H22O4/c1-14(16-9-10-17(21-2)18(13-16)22-3)19(20)23-12-11-15-7-5-4-6-8-15/h4-10,13-14H,11-12H2,1-3H3. The zero-order valence-corrected chi connectivity index (χ0v) is 13.7. The third-order valence-electron chi connectivity index (χ3n) is 3.74. The second-order valence-corrected chi connectivity index (χ2v) is 5.24. The molecule has 0 N–H and O–H groups in total. The lowest BCUT2D eigenvalue weighted by Crippen LogP contribution is -2.15. The molecule has 0 saturated heterocycles. The van der Waals surface area contributed by atoms with Crippen molar-refractivity contribution in [2.45, 2.75) is 19.3 Å². The fraction of sp³-hybridized carbons (Fsp3) is 0.316. The molecule has 0 aliphatic heterocycles. The van der Waals surface area contributed by atoms with Gasteiger partial charge in [-0.25, -0.2) is 0 Å². The van der Waals surface area contributed by atoms with E-state index in [1.165, 1.54) is 0 Å². The van der Waals surface area contributed by atoms with Crippen LogP contribution in [0.1, 0.15) is 24.0 Å². The van der Waals surface area contributed by atoms with E-state index in [0.29, 0.717) is 24.5 Å². The van der Waals surface area contributed by atoms with E-state index in [1.807, 2.05) is 49.4 Å². The molecule has 0 saturated carbocycles. The molecule has 0 bridgehead atoms. The Bertz CT molecular complexity index is 637. The van der Waals surface area contributed by atoms with Crippen LogP contribution in [0.3, 0.4) is 0 Å². The fourth-order valence-electron chi connectivity index (χ4n) is 2.30. The van der Waals surface area contributed by atoms with Crippen molar-refractivity contribution >= 4 is 5.97 Å². The van der Waals surface area contributed by atoms with E-state index in [4.69, 9.17) is 14.2 Å². The van der Waals surface area contributed by atoms with Gasteiger partial charge in [0, 0.05) is 6.42 Å². The molecule has 0 spiro atoms. The van der Waals surface area contributed by atoms with Crippen LogP contribution in [-0.2, 0) is 16.0 Å². The monoisotopic (exact) mass is 314 g/mol. The first-order chi connectivity index (χ1) is 11.2. The Kier molecular flexibility index (Phi) is 6.03. The molecule has 0 aliphatic rings. The van der Waals surface area contributed by atoms with E-state index in [2.05, 4.69) is 0 Å². The predicted octanol–water partition coefficient (Wildman–Crippen LogP) is 3.59. The number of hydrogen-bond donors (Lipinski definition) is 0. The van der Waals surface area contributed by atoms with Gasteiger partial charge in [0.15, 0.2) is 11.5 Å². The molecule has 4 nitrogen and oxygen atoms in total. The molecular weight excluding hydrogens is 292 g/mol. The van der Waals surface area contributed by atoms with Gasteiger partial charge in [0.1, 0.15) is 0 Å². The maximum atomic E-state index is 12.2. The van der Waals surface area contributed by atoms with Gasteiger partial charge in [0.25, 0.3) is 0 Å². The first-order valence-corrected chi connectivity index (χ1v) is 7.58. The highest BCUT2D eigenvalue weighted by molar-refractivity contribution is 5.78. The van der Waals surface area contributed by atoms with Crippen molar-refractivity contribution in [3.05, 3.63) is 59.7 Å².